The zero-order chi connectivity index (χ0) is 13.1. The molecule has 0 unspecified atom stereocenters. The number of rotatable bonds is 0. The van der Waals surface area contributed by atoms with Gasteiger partial charge in [0.2, 0.25) is 0 Å². The summed E-state index contributed by atoms with van der Waals surface area (Å²) in [5.41, 5.74) is 7.27. The van der Waals surface area contributed by atoms with Crippen molar-refractivity contribution in [2.24, 2.45) is 7.05 Å². The summed E-state index contributed by atoms with van der Waals surface area (Å²) in [6.07, 6.45) is 0.908. The van der Waals surface area contributed by atoms with Gasteiger partial charge in [-0.2, -0.15) is 0 Å². The van der Waals surface area contributed by atoms with Gasteiger partial charge in [0.1, 0.15) is 5.82 Å². The van der Waals surface area contributed by atoms with Crippen molar-refractivity contribution in [3.63, 3.8) is 0 Å². The summed E-state index contributed by atoms with van der Waals surface area (Å²) < 4.78 is 15.7. The SMILES string of the molecule is Cc1ccc2c3c(n(C)c2c1)-c1cc(F)ccc1C3. The van der Waals surface area contributed by atoms with Gasteiger partial charge in [0.25, 0.3) is 0 Å². The largest absolute Gasteiger partial charge is 0.343 e. The average Bonchev–Trinajstić information content (AvgIpc) is 2.87. The molecule has 0 amide bonds. The highest BCUT2D eigenvalue weighted by Gasteiger charge is 2.25. The quantitative estimate of drug-likeness (QED) is 0.441. The normalized spacial score (nSPS) is 12.8. The number of halogens is 1. The van der Waals surface area contributed by atoms with Crippen LogP contribution in [-0.2, 0) is 13.5 Å². The van der Waals surface area contributed by atoms with Crippen LogP contribution in [0, 0.1) is 12.7 Å². The first-order valence-corrected chi connectivity index (χ1v) is 6.52. The lowest BCUT2D eigenvalue weighted by Gasteiger charge is -2.05. The summed E-state index contributed by atoms with van der Waals surface area (Å²) in [6.45, 7) is 2.10. The van der Waals surface area contributed by atoms with Crippen LogP contribution in [0.4, 0.5) is 4.39 Å². The van der Waals surface area contributed by atoms with Crippen LogP contribution in [-0.4, -0.2) is 4.57 Å². The summed E-state index contributed by atoms with van der Waals surface area (Å²) in [5, 5.41) is 1.29. The van der Waals surface area contributed by atoms with Gasteiger partial charge in [0.15, 0.2) is 0 Å². The van der Waals surface area contributed by atoms with Crippen LogP contribution < -0.4 is 0 Å². The Morgan fingerprint density at radius 1 is 1.11 bits per heavy atom. The molecule has 19 heavy (non-hydrogen) atoms. The molecule has 1 aromatic heterocycles. The molecule has 1 heterocycles. The summed E-state index contributed by atoms with van der Waals surface area (Å²) in [4.78, 5) is 0. The third kappa shape index (κ3) is 1.34. The van der Waals surface area contributed by atoms with Crippen molar-refractivity contribution in [2.45, 2.75) is 13.3 Å². The second kappa shape index (κ2) is 3.47. The maximum Gasteiger partial charge on any atom is 0.123 e. The fourth-order valence-corrected chi connectivity index (χ4v) is 3.26. The van der Waals surface area contributed by atoms with Gasteiger partial charge < -0.3 is 4.57 Å². The molecule has 0 aliphatic heterocycles. The van der Waals surface area contributed by atoms with E-state index in [4.69, 9.17) is 0 Å². The van der Waals surface area contributed by atoms with Crippen LogP contribution >= 0.6 is 0 Å². The van der Waals surface area contributed by atoms with Crippen LogP contribution in [0.2, 0.25) is 0 Å². The first kappa shape index (κ1) is 10.8. The van der Waals surface area contributed by atoms with E-state index in [9.17, 15) is 4.39 Å². The number of hydrogen-bond acceptors (Lipinski definition) is 0. The summed E-state index contributed by atoms with van der Waals surface area (Å²) >= 11 is 0. The molecular weight excluding hydrogens is 237 g/mol. The van der Waals surface area contributed by atoms with Gasteiger partial charge in [0, 0.05) is 29.9 Å². The molecule has 0 fully saturated rings. The number of nitrogens with zero attached hydrogens (tertiary/aromatic N) is 1. The van der Waals surface area contributed by atoms with Crippen LogP contribution in [0.1, 0.15) is 16.7 Å². The van der Waals surface area contributed by atoms with Crippen molar-refractivity contribution in [1.82, 2.24) is 4.57 Å². The molecule has 2 heteroatoms. The zero-order valence-corrected chi connectivity index (χ0v) is 11.0. The Kier molecular flexibility index (Phi) is 1.97. The number of fused-ring (bicyclic) bond motifs is 5. The molecule has 0 spiro atoms. The Morgan fingerprint density at radius 3 is 2.79 bits per heavy atom. The number of benzene rings is 2. The topological polar surface area (TPSA) is 4.93 Å². The van der Waals surface area contributed by atoms with Gasteiger partial charge in [-0.25, -0.2) is 4.39 Å². The molecule has 0 radical (unpaired) electrons. The van der Waals surface area contributed by atoms with Crippen molar-refractivity contribution < 1.29 is 4.39 Å². The maximum atomic E-state index is 13.5. The molecule has 0 saturated carbocycles. The standard InChI is InChI=1S/C17H14FN/c1-10-3-6-13-15-8-11-4-5-12(18)9-14(11)17(15)19(2)16(13)7-10/h3-7,9H,8H2,1-2H3. The summed E-state index contributed by atoms with van der Waals surface area (Å²) in [5.74, 6) is -0.159. The third-order valence-corrected chi connectivity index (χ3v) is 4.16. The van der Waals surface area contributed by atoms with Crippen molar-refractivity contribution in [3.05, 3.63) is 58.9 Å². The van der Waals surface area contributed by atoms with Gasteiger partial charge in [0.05, 0.1) is 5.69 Å². The lowest BCUT2D eigenvalue weighted by molar-refractivity contribution is 0.628. The van der Waals surface area contributed by atoms with Crippen molar-refractivity contribution >= 4 is 10.9 Å². The van der Waals surface area contributed by atoms with E-state index in [-0.39, 0.29) is 5.82 Å². The highest BCUT2D eigenvalue weighted by molar-refractivity contribution is 5.95. The molecule has 0 saturated heterocycles. The number of hydrogen-bond donors (Lipinski definition) is 0. The first-order valence-electron chi connectivity index (χ1n) is 6.52. The van der Waals surface area contributed by atoms with E-state index in [1.54, 1.807) is 12.1 Å². The molecular formula is C17H14FN. The Labute approximate surface area is 111 Å². The monoisotopic (exact) mass is 251 g/mol. The Bertz CT molecular complexity index is 827. The molecule has 4 rings (SSSR count). The van der Waals surface area contributed by atoms with E-state index < -0.39 is 0 Å². The number of aromatic nitrogens is 1. The number of aryl methyl sites for hydroxylation is 2. The highest BCUT2D eigenvalue weighted by atomic mass is 19.1. The minimum absolute atomic E-state index is 0.159. The molecule has 1 nitrogen and oxygen atoms in total. The van der Waals surface area contributed by atoms with E-state index in [0.717, 1.165) is 12.0 Å². The lowest BCUT2D eigenvalue weighted by Crippen LogP contribution is -1.92. The summed E-state index contributed by atoms with van der Waals surface area (Å²) in [6, 6.07) is 11.7. The van der Waals surface area contributed by atoms with Crippen molar-refractivity contribution in [1.29, 1.82) is 0 Å². The van der Waals surface area contributed by atoms with Crippen LogP contribution in [0.15, 0.2) is 36.4 Å². The second-order valence-electron chi connectivity index (χ2n) is 5.39. The fourth-order valence-electron chi connectivity index (χ4n) is 3.26. The van der Waals surface area contributed by atoms with Crippen LogP contribution in [0.3, 0.4) is 0 Å². The van der Waals surface area contributed by atoms with E-state index in [0.29, 0.717) is 0 Å². The van der Waals surface area contributed by atoms with Crippen molar-refractivity contribution in [2.75, 3.05) is 0 Å². The van der Waals surface area contributed by atoms with E-state index >= 15 is 0 Å². The predicted molar refractivity (Wildman–Crippen MR) is 75.9 cm³/mol. The highest BCUT2D eigenvalue weighted by Crippen LogP contribution is 2.42. The van der Waals surface area contributed by atoms with Gasteiger partial charge in [-0.1, -0.05) is 18.2 Å². The first-order chi connectivity index (χ1) is 9.15. The molecule has 0 atom stereocenters. The molecule has 1 aliphatic carbocycles. The predicted octanol–water partition coefficient (Wildman–Crippen LogP) is 4.20. The Balaban J connectivity index is 2.12. The fraction of sp³-hybridized carbons (Fsp3) is 0.176. The summed E-state index contributed by atoms with van der Waals surface area (Å²) in [7, 11) is 2.07. The lowest BCUT2D eigenvalue weighted by atomic mass is 10.1. The molecule has 2 aromatic carbocycles. The van der Waals surface area contributed by atoms with E-state index in [2.05, 4.69) is 36.7 Å². The molecule has 94 valence electrons. The van der Waals surface area contributed by atoms with Crippen LogP contribution in [0.25, 0.3) is 22.2 Å². The Hall–Kier alpha value is -2.09. The third-order valence-electron chi connectivity index (χ3n) is 4.16. The maximum absolute atomic E-state index is 13.5. The average molecular weight is 251 g/mol. The second-order valence-corrected chi connectivity index (χ2v) is 5.39. The minimum atomic E-state index is -0.159. The van der Waals surface area contributed by atoms with E-state index in [1.165, 1.54) is 33.3 Å². The van der Waals surface area contributed by atoms with Gasteiger partial charge in [-0.05, 0) is 41.8 Å². The minimum Gasteiger partial charge on any atom is -0.343 e. The van der Waals surface area contributed by atoms with Crippen LogP contribution in [0.5, 0.6) is 0 Å². The van der Waals surface area contributed by atoms with E-state index in [1.807, 2.05) is 6.07 Å². The molecule has 3 aromatic rings. The smallest absolute Gasteiger partial charge is 0.123 e. The van der Waals surface area contributed by atoms with Gasteiger partial charge >= 0.3 is 0 Å². The van der Waals surface area contributed by atoms with Gasteiger partial charge in [-0.3, -0.25) is 0 Å². The van der Waals surface area contributed by atoms with Crippen molar-refractivity contribution in [3.8, 4) is 11.3 Å². The Morgan fingerprint density at radius 2 is 1.95 bits per heavy atom. The molecule has 0 N–H and O–H groups in total. The molecule has 0 bridgehead atoms. The molecule has 1 aliphatic rings. The van der Waals surface area contributed by atoms with Gasteiger partial charge in [-0.15, -0.1) is 0 Å². The zero-order valence-electron chi connectivity index (χ0n) is 11.0.